The SMILES string of the molecule is CNCCCS(=O)(=O)NCc1ccoc1. The van der Waals surface area contributed by atoms with Crippen LogP contribution in [0, 0.1) is 0 Å². The Morgan fingerprint density at radius 1 is 1.47 bits per heavy atom. The predicted octanol–water partition coefficient (Wildman–Crippen LogP) is 0.309. The summed E-state index contributed by atoms with van der Waals surface area (Å²) >= 11 is 0. The highest BCUT2D eigenvalue weighted by Crippen LogP contribution is 2.00. The smallest absolute Gasteiger partial charge is 0.211 e. The van der Waals surface area contributed by atoms with Crippen molar-refractivity contribution in [2.24, 2.45) is 0 Å². The Balaban J connectivity index is 2.30. The molecule has 0 aliphatic heterocycles. The summed E-state index contributed by atoms with van der Waals surface area (Å²) in [5.74, 6) is 0.145. The first kappa shape index (κ1) is 12.2. The summed E-state index contributed by atoms with van der Waals surface area (Å²) in [5.41, 5.74) is 0.826. The maximum absolute atomic E-state index is 11.4. The fraction of sp³-hybridized carbons (Fsp3) is 0.556. The molecule has 1 heterocycles. The fourth-order valence-corrected chi connectivity index (χ4v) is 2.15. The van der Waals surface area contributed by atoms with Crippen molar-refractivity contribution in [2.45, 2.75) is 13.0 Å². The van der Waals surface area contributed by atoms with Gasteiger partial charge in [0.1, 0.15) is 0 Å². The monoisotopic (exact) mass is 232 g/mol. The van der Waals surface area contributed by atoms with Crippen LogP contribution in [0.2, 0.25) is 0 Å². The van der Waals surface area contributed by atoms with Crippen molar-refractivity contribution < 1.29 is 12.8 Å². The van der Waals surface area contributed by atoms with Crippen molar-refractivity contribution in [1.82, 2.24) is 10.0 Å². The quantitative estimate of drug-likeness (QED) is 0.664. The lowest BCUT2D eigenvalue weighted by Gasteiger charge is -2.04. The van der Waals surface area contributed by atoms with Gasteiger partial charge in [0, 0.05) is 12.1 Å². The van der Waals surface area contributed by atoms with Crippen LogP contribution in [0.1, 0.15) is 12.0 Å². The Hall–Kier alpha value is -0.850. The lowest BCUT2D eigenvalue weighted by Crippen LogP contribution is -2.27. The van der Waals surface area contributed by atoms with Gasteiger partial charge in [0.05, 0.1) is 18.3 Å². The molecule has 0 aliphatic carbocycles. The molecular weight excluding hydrogens is 216 g/mol. The average molecular weight is 232 g/mol. The zero-order chi connectivity index (χ0) is 11.1. The fourth-order valence-electron chi connectivity index (χ4n) is 1.10. The second-order valence-electron chi connectivity index (χ2n) is 3.23. The van der Waals surface area contributed by atoms with Gasteiger partial charge in [-0.15, -0.1) is 0 Å². The topological polar surface area (TPSA) is 71.3 Å². The van der Waals surface area contributed by atoms with Crippen molar-refractivity contribution in [3.8, 4) is 0 Å². The zero-order valence-electron chi connectivity index (χ0n) is 8.69. The first-order valence-electron chi connectivity index (χ1n) is 4.77. The molecule has 2 N–H and O–H groups in total. The van der Waals surface area contributed by atoms with E-state index >= 15 is 0 Å². The van der Waals surface area contributed by atoms with E-state index in [4.69, 9.17) is 4.42 Å². The highest BCUT2D eigenvalue weighted by molar-refractivity contribution is 7.89. The lowest BCUT2D eigenvalue weighted by atomic mass is 10.4. The molecule has 6 heteroatoms. The van der Waals surface area contributed by atoms with E-state index in [9.17, 15) is 8.42 Å². The lowest BCUT2D eigenvalue weighted by molar-refractivity contribution is 0.560. The molecular formula is C9H16N2O3S. The molecule has 1 rings (SSSR count). The van der Waals surface area contributed by atoms with Gasteiger partial charge >= 0.3 is 0 Å². The summed E-state index contributed by atoms with van der Waals surface area (Å²) in [4.78, 5) is 0. The molecule has 15 heavy (non-hydrogen) atoms. The van der Waals surface area contributed by atoms with E-state index in [1.54, 1.807) is 13.1 Å². The largest absolute Gasteiger partial charge is 0.472 e. The van der Waals surface area contributed by atoms with Gasteiger partial charge in [-0.05, 0) is 26.1 Å². The molecule has 0 aliphatic rings. The van der Waals surface area contributed by atoms with Crippen molar-refractivity contribution in [3.05, 3.63) is 24.2 Å². The summed E-state index contributed by atoms with van der Waals surface area (Å²) in [6.07, 6.45) is 3.65. The van der Waals surface area contributed by atoms with Crippen molar-refractivity contribution in [2.75, 3.05) is 19.3 Å². The molecule has 1 aromatic heterocycles. The van der Waals surface area contributed by atoms with Crippen LogP contribution >= 0.6 is 0 Å². The first-order valence-corrected chi connectivity index (χ1v) is 6.42. The highest BCUT2D eigenvalue weighted by atomic mass is 32.2. The molecule has 0 saturated heterocycles. The Bertz CT molecular complexity index is 359. The minimum atomic E-state index is -3.16. The van der Waals surface area contributed by atoms with Gasteiger partial charge in [0.15, 0.2) is 0 Å². The third-order valence-corrected chi connectivity index (χ3v) is 3.33. The molecule has 5 nitrogen and oxygen atoms in total. The number of furan rings is 1. The number of hydrogen-bond acceptors (Lipinski definition) is 4. The van der Waals surface area contributed by atoms with E-state index in [2.05, 4.69) is 10.0 Å². The standard InChI is InChI=1S/C9H16N2O3S/c1-10-4-2-6-15(12,13)11-7-9-3-5-14-8-9/h3,5,8,10-11H,2,4,6-7H2,1H3. The van der Waals surface area contributed by atoms with E-state index in [1.165, 1.54) is 12.5 Å². The second-order valence-corrected chi connectivity index (χ2v) is 5.16. The van der Waals surface area contributed by atoms with Gasteiger partial charge < -0.3 is 9.73 Å². The third-order valence-electron chi connectivity index (χ3n) is 1.92. The maximum atomic E-state index is 11.4. The van der Waals surface area contributed by atoms with Crippen LogP contribution in [-0.2, 0) is 16.6 Å². The Morgan fingerprint density at radius 2 is 2.27 bits per heavy atom. The molecule has 0 amide bonds. The Kier molecular flexibility index (Phi) is 4.80. The maximum Gasteiger partial charge on any atom is 0.211 e. The summed E-state index contributed by atoms with van der Waals surface area (Å²) < 4.78 is 30.2. The van der Waals surface area contributed by atoms with Crippen LogP contribution < -0.4 is 10.0 Å². The van der Waals surface area contributed by atoms with Gasteiger partial charge in [-0.1, -0.05) is 0 Å². The molecule has 0 fully saturated rings. The van der Waals surface area contributed by atoms with E-state index in [0.717, 1.165) is 5.56 Å². The van der Waals surface area contributed by atoms with Crippen LogP contribution in [0.25, 0.3) is 0 Å². The van der Waals surface area contributed by atoms with Crippen LogP contribution in [-0.4, -0.2) is 27.8 Å². The average Bonchev–Trinajstić information content (AvgIpc) is 2.68. The Labute approximate surface area is 89.9 Å². The number of nitrogens with one attached hydrogen (secondary N) is 2. The molecule has 0 spiro atoms. The number of sulfonamides is 1. The van der Waals surface area contributed by atoms with Crippen LogP contribution in [0.3, 0.4) is 0 Å². The highest BCUT2D eigenvalue weighted by Gasteiger charge is 2.09. The molecule has 0 atom stereocenters. The minimum Gasteiger partial charge on any atom is -0.472 e. The van der Waals surface area contributed by atoms with E-state index in [0.29, 0.717) is 19.5 Å². The number of hydrogen-bond donors (Lipinski definition) is 2. The van der Waals surface area contributed by atoms with Crippen LogP contribution in [0.5, 0.6) is 0 Å². The number of rotatable bonds is 7. The van der Waals surface area contributed by atoms with E-state index < -0.39 is 10.0 Å². The van der Waals surface area contributed by atoms with Gasteiger partial charge in [-0.3, -0.25) is 0 Å². The molecule has 0 aromatic carbocycles. The minimum absolute atomic E-state index is 0.145. The van der Waals surface area contributed by atoms with Gasteiger partial charge in [-0.25, -0.2) is 13.1 Å². The summed E-state index contributed by atoms with van der Waals surface area (Å²) in [6, 6.07) is 1.73. The molecule has 86 valence electrons. The van der Waals surface area contributed by atoms with Gasteiger partial charge in [0.2, 0.25) is 10.0 Å². The second kappa shape index (κ2) is 5.89. The summed E-state index contributed by atoms with van der Waals surface area (Å²) in [6.45, 7) is 0.991. The van der Waals surface area contributed by atoms with Crippen molar-refractivity contribution in [1.29, 1.82) is 0 Å². The summed E-state index contributed by atoms with van der Waals surface area (Å²) in [5, 5.41) is 2.90. The zero-order valence-corrected chi connectivity index (χ0v) is 9.51. The van der Waals surface area contributed by atoms with E-state index in [1.807, 2.05) is 0 Å². The molecule has 0 bridgehead atoms. The van der Waals surface area contributed by atoms with Gasteiger partial charge in [-0.2, -0.15) is 0 Å². The van der Waals surface area contributed by atoms with Crippen LogP contribution in [0.4, 0.5) is 0 Å². The van der Waals surface area contributed by atoms with Crippen molar-refractivity contribution >= 4 is 10.0 Å². The molecule has 0 radical (unpaired) electrons. The molecule has 1 aromatic rings. The molecule has 0 saturated carbocycles. The van der Waals surface area contributed by atoms with Gasteiger partial charge in [0.25, 0.3) is 0 Å². The van der Waals surface area contributed by atoms with E-state index in [-0.39, 0.29) is 5.75 Å². The first-order chi connectivity index (χ1) is 7.14. The van der Waals surface area contributed by atoms with Crippen molar-refractivity contribution in [3.63, 3.8) is 0 Å². The summed E-state index contributed by atoms with van der Waals surface area (Å²) in [7, 11) is -1.36. The third kappa shape index (κ3) is 4.96. The van der Waals surface area contributed by atoms with Crippen LogP contribution in [0.15, 0.2) is 23.0 Å². The molecule has 0 unspecified atom stereocenters. The normalized spacial score (nSPS) is 11.8. The predicted molar refractivity (Wildman–Crippen MR) is 57.9 cm³/mol. The Morgan fingerprint density at radius 3 is 2.87 bits per heavy atom.